The van der Waals surface area contributed by atoms with Crippen LogP contribution in [0.3, 0.4) is 0 Å². The normalized spacial score (nSPS) is 12.1. The first-order valence-corrected chi connectivity index (χ1v) is 12.8. The van der Waals surface area contributed by atoms with Gasteiger partial charge in [0.25, 0.3) is 5.91 Å². The Kier molecular flexibility index (Phi) is 7.42. The number of hydrazone groups is 1. The largest absolute Gasteiger partial charge is 0.479 e. The predicted octanol–water partition coefficient (Wildman–Crippen LogP) is 6.76. The van der Waals surface area contributed by atoms with Gasteiger partial charge in [-0.1, -0.05) is 85.8 Å². The maximum Gasteiger partial charge on any atom is 0.281 e. The molecular weight excluding hydrogens is 528 g/mol. The van der Waals surface area contributed by atoms with Crippen LogP contribution in [0.2, 0.25) is 0 Å². The third-order valence-corrected chi connectivity index (χ3v) is 6.77. The number of nitrogens with one attached hydrogen (secondary N) is 1. The van der Waals surface area contributed by atoms with E-state index < -0.39 is 6.10 Å². The average molecular weight is 553 g/mol. The molecule has 37 heavy (non-hydrogen) atoms. The third-order valence-electron chi connectivity index (χ3n) is 5.95. The van der Waals surface area contributed by atoms with E-state index in [1.54, 1.807) is 10.9 Å². The minimum Gasteiger partial charge on any atom is -0.479 e. The molecule has 0 bridgehead atoms. The molecule has 1 amide bonds. The number of carbonyl (C=O) groups is 1. The van der Waals surface area contributed by atoms with Gasteiger partial charge in [-0.05, 0) is 51.3 Å². The van der Waals surface area contributed by atoms with Gasteiger partial charge in [0.1, 0.15) is 11.4 Å². The van der Waals surface area contributed by atoms with Crippen LogP contribution < -0.4 is 10.2 Å². The lowest BCUT2D eigenvalue weighted by molar-refractivity contribution is -0.128. The minimum absolute atomic E-state index is 0.324. The van der Waals surface area contributed by atoms with E-state index in [0.717, 1.165) is 37.8 Å². The maximum absolute atomic E-state index is 12.9. The molecule has 0 aliphatic carbocycles. The summed E-state index contributed by atoms with van der Waals surface area (Å²) in [5.41, 5.74) is 6.08. The van der Waals surface area contributed by atoms with Crippen LogP contribution in [0.4, 0.5) is 0 Å². The first kappa shape index (κ1) is 24.5. The lowest BCUT2D eigenvalue weighted by atomic mass is 10.1. The molecule has 0 unspecified atom stereocenters. The molecule has 1 aromatic heterocycles. The summed E-state index contributed by atoms with van der Waals surface area (Å²) in [4.78, 5) is 12.9. The fourth-order valence-electron chi connectivity index (χ4n) is 4.03. The second kappa shape index (κ2) is 11.2. The zero-order chi connectivity index (χ0) is 25.6. The first-order valence-electron chi connectivity index (χ1n) is 12.0. The van der Waals surface area contributed by atoms with E-state index in [0.29, 0.717) is 12.2 Å². The molecule has 1 atom stereocenters. The number of aromatic nitrogens is 2. The number of halogens is 1. The van der Waals surface area contributed by atoms with Gasteiger partial charge >= 0.3 is 0 Å². The Balaban J connectivity index is 1.35. The molecule has 1 heterocycles. The van der Waals surface area contributed by atoms with Crippen LogP contribution in [0.1, 0.15) is 18.9 Å². The minimum atomic E-state index is -0.699. The van der Waals surface area contributed by atoms with Crippen LogP contribution in [0, 0.1) is 0 Å². The van der Waals surface area contributed by atoms with Crippen molar-refractivity contribution >= 4 is 38.8 Å². The second-order valence-electron chi connectivity index (χ2n) is 8.43. The zero-order valence-electron chi connectivity index (χ0n) is 20.2. The number of ether oxygens (including phenoxy) is 1. The Morgan fingerprint density at radius 1 is 1.00 bits per heavy atom. The van der Waals surface area contributed by atoms with Crippen LogP contribution in [0.25, 0.3) is 27.7 Å². The number of carbonyl (C=O) groups excluding carboxylic acids is 1. The highest BCUT2D eigenvalue weighted by Crippen LogP contribution is 2.34. The molecule has 0 aliphatic heterocycles. The summed E-state index contributed by atoms with van der Waals surface area (Å²) in [5, 5.41) is 11.1. The molecule has 7 heteroatoms. The van der Waals surface area contributed by atoms with Gasteiger partial charge in [0.15, 0.2) is 6.10 Å². The molecule has 0 aliphatic rings. The Bertz CT molecular complexity index is 1550. The van der Waals surface area contributed by atoms with E-state index >= 15 is 0 Å². The van der Waals surface area contributed by atoms with Gasteiger partial charge in [-0.25, -0.2) is 10.1 Å². The Labute approximate surface area is 223 Å². The Morgan fingerprint density at radius 2 is 1.70 bits per heavy atom. The van der Waals surface area contributed by atoms with Crippen molar-refractivity contribution in [2.75, 3.05) is 0 Å². The average Bonchev–Trinajstić information content (AvgIpc) is 3.38. The van der Waals surface area contributed by atoms with Crippen molar-refractivity contribution in [3.05, 3.63) is 113 Å². The summed E-state index contributed by atoms with van der Waals surface area (Å²) in [6.07, 6.45) is 3.30. The van der Waals surface area contributed by atoms with Gasteiger partial charge < -0.3 is 4.74 Å². The highest BCUT2D eigenvalue weighted by Gasteiger charge is 2.20. The van der Waals surface area contributed by atoms with Gasteiger partial charge in [0.05, 0.1) is 16.4 Å². The summed E-state index contributed by atoms with van der Waals surface area (Å²) in [7, 11) is 0. The van der Waals surface area contributed by atoms with Crippen LogP contribution in [0.15, 0.2) is 113 Å². The molecule has 0 saturated carbocycles. The quantitative estimate of drug-likeness (QED) is 0.171. The summed E-state index contributed by atoms with van der Waals surface area (Å²) in [6, 6.07) is 31.6. The standard InChI is InChI=1S/C30H25BrN4O2/c1-2-26(37-27-18-17-21-11-9-10-16-25(21)28(27)31)30(36)33-32-19-23-20-35(24-14-7-4-8-15-24)34-29(23)22-12-5-3-6-13-22/h3-20,26H,2H2,1H3,(H,33,36)/b32-19+/t26-/m0/s1. The summed E-state index contributed by atoms with van der Waals surface area (Å²) < 4.78 is 8.70. The number of hydrogen-bond donors (Lipinski definition) is 1. The Morgan fingerprint density at radius 3 is 2.46 bits per heavy atom. The fourth-order valence-corrected chi connectivity index (χ4v) is 4.62. The van der Waals surface area contributed by atoms with Crippen LogP contribution in [0.5, 0.6) is 5.75 Å². The summed E-state index contributed by atoms with van der Waals surface area (Å²) >= 11 is 3.63. The maximum atomic E-state index is 12.9. The van der Waals surface area contributed by atoms with Gasteiger partial charge in [-0.2, -0.15) is 10.2 Å². The van der Waals surface area contributed by atoms with E-state index in [1.165, 1.54) is 0 Å². The molecule has 5 aromatic rings. The highest BCUT2D eigenvalue weighted by molar-refractivity contribution is 9.10. The molecule has 0 spiro atoms. The van der Waals surface area contributed by atoms with Gasteiger partial charge in [0, 0.05) is 17.3 Å². The van der Waals surface area contributed by atoms with E-state index in [1.807, 2.05) is 110 Å². The van der Waals surface area contributed by atoms with Crippen molar-refractivity contribution in [1.82, 2.24) is 15.2 Å². The van der Waals surface area contributed by atoms with Crippen molar-refractivity contribution in [3.8, 4) is 22.7 Å². The van der Waals surface area contributed by atoms with Gasteiger partial charge in [-0.15, -0.1) is 0 Å². The summed E-state index contributed by atoms with van der Waals surface area (Å²) in [6.45, 7) is 1.90. The molecular formula is C30H25BrN4O2. The van der Waals surface area contributed by atoms with Crippen LogP contribution >= 0.6 is 15.9 Å². The monoisotopic (exact) mass is 552 g/mol. The molecule has 0 fully saturated rings. The molecule has 6 nitrogen and oxygen atoms in total. The number of rotatable bonds is 8. The molecule has 1 N–H and O–H groups in total. The number of nitrogens with zero attached hydrogens (tertiary/aromatic N) is 3. The number of fused-ring (bicyclic) bond motifs is 1. The lowest BCUT2D eigenvalue weighted by Crippen LogP contribution is -2.35. The molecule has 0 radical (unpaired) electrons. The van der Waals surface area contributed by atoms with Crippen LogP contribution in [-0.4, -0.2) is 28.0 Å². The van der Waals surface area contributed by atoms with Crippen molar-refractivity contribution in [3.63, 3.8) is 0 Å². The predicted molar refractivity (Wildman–Crippen MR) is 151 cm³/mol. The van der Waals surface area contributed by atoms with Gasteiger partial charge in [0.2, 0.25) is 0 Å². The Hall–Kier alpha value is -4.23. The molecule has 0 saturated heterocycles. The topological polar surface area (TPSA) is 68.5 Å². The van der Waals surface area contributed by atoms with E-state index in [2.05, 4.69) is 26.5 Å². The van der Waals surface area contributed by atoms with Crippen molar-refractivity contribution in [2.24, 2.45) is 5.10 Å². The SMILES string of the molecule is CC[C@H](Oc1ccc2ccccc2c1Br)C(=O)N/N=C/c1cn(-c2ccccc2)nc1-c1ccccc1. The fraction of sp³-hybridized carbons (Fsp3) is 0.100. The van der Waals surface area contributed by atoms with E-state index in [4.69, 9.17) is 9.84 Å². The number of hydrogen-bond acceptors (Lipinski definition) is 4. The first-order chi connectivity index (χ1) is 18.1. The number of amides is 1. The smallest absolute Gasteiger partial charge is 0.281 e. The zero-order valence-corrected chi connectivity index (χ0v) is 21.8. The number of benzene rings is 4. The van der Waals surface area contributed by atoms with E-state index in [-0.39, 0.29) is 5.91 Å². The van der Waals surface area contributed by atoms with Gasteiger partial charge in [-0.3, -0.25) is 4.79 Å². The second-order valence-corrected chi connectivity index (χ2v) is 9.22. The van der Waals surface area contributed by atoms with Crippen LogP contribution in [-0.2, 0) is 4.79 Å². The van der Waals surface area contributed by atoms with Crippen molar-refractivity contribution in [2.45, 2.75) is 19.4 Å². The highest BCUT2D eigenvalue weighted by atomic mass is 79.9. The third kappa shape index (κ3) is 5.47. The molecule has 184 valence electrons. The lowest BCUT2D eigenvalue weighted by Gasteiger charge is -2.17. The summed E-state index contributed by atoms with van der Waals surface area (Å²) in [5.74, 6) is 0.288. The molecule has 5 rings (SSSR count). The van der Waals surface area contributed by atoms with Crippen molar-refractivity contribution < 1.29 is 9.53 Å². The van der Waals surface area contributed by atoms with E-state index in [9.17, 15) is 4.79 Å². The molecule has 4 aromatic carbocycles. The number of para-hydroxylation sites is 1. The van der Waals surface area contributed by atoms with Crippen molar-refractivity contribution in [1.29, 1.82) is 0 Å².